The largest absolute Gasteiger partial charge is 0.342 e. The number of benzene rings is 3. The molecule has 1 N–H and O–H groups in total. The SMILES string of the molecule is CCCC(CC)Cc1cccc2[nH]c(CCCCc3cccc4c(F)cccc34)nc12. The second-order valence-corrected chi connectivity index (χ2v) is 8.72. The summed E-state index contributed by atoms with van der Waals surface area (Å²) in [5, 5.41) is 1.76. The Morgan fingerprint density at radius 3 is 2.45 bits per heavy atom. The van der Waals surface area contributed by atoms with Gasteiger partial charge in [0.1, 0.15) is 11.6 Å². The topological polar surface area (TPSA) is 28.7 Å². The maximum absolute atomic E-state index is 14.0. The van der Waals surface area contributed by atoms with Gasteiger partial charge in [-0.25, -0.2) is 9.37 Å². The number of aromatic nitrogens is 2. The van der Waals surface area contributed by atoms with Crippen molar-refractivity contribution in [3.63, 3.8) is 0 Å². The summed E-state index contributed by atoms with van der Waals surface area (Å²) in [7, 11) is 0. The van der Waals surface area contributed by atoms with Crippen LogP contribution in [0.4, 0.5) is 4.39 Å². The fourth-order valence-electron chi connectivity index (χ4n) is 4.76. The van der Waals surface area contributed by atoms with E-state index in [0.29, 0.717) is 0 Å². The normalized spacial score (nSPS) is 12.6. The Kier molecular flexibility index (Phi) is 7.01. The van der Waals surface area contributed by atoms with Crippen molar-refractivity contribution >= 4 is 21.8 Å². The molecule has 0 amide bonds. The van der Waals surface area contributed by atoms with Crippen LogP contribution in [0, 0.1) is 11.7 Å². The van der Waals surface area contributed by atoms with Crippen molar-refractivity contribution in [1.82, 2.24) is 9.97 Å². The molecule has 162 valence electrons. The van der Waals surface area contributed by atoms with Crippen LogP contribution in [0.3, 0.4) is 0 Å². The molecule has 31 heavy (non-hydrogen) atoms. The van der Waals surface area contributed by atoms with Crippen molar-refractivity contribution in [1.29, 1.82) is 0 Å². The van der Waals surface area contributed by atoms with Crippen LogP contribution in [0.1, 0.15) is 62.9 Å². The third-order valence-corrected chi connectivity index (χ3v) is 6.50. The average molecular weight is 417 g/mol. The number of fused-ring (bicyclic) bond motifs is 2. The molecule has 3 heteroatoms. The van der Waals surface area contributed by atoms with Gasteiger partial charge in [-0.15, -0.1) is 0 Å². The number of aryl methyl sites for hydroxylation is 2. The van der Waals surface area contributed by atoms with Gasteiger partial charge in [0.2, 0.25) is 0 Å². The second-order valence-electron chi connectivity index (χ2n) is 8.72. The van der Waals surface area contributed by atoms with Gasteiger partial charge in [-0.1, -0.05) is 75.6 Å². The van der Waals surface area contributed by atoms with Crippen molar-refractivity contribution in [3.05, 3.63) is 77.4 Å². The highest BCUT2D eigenvalue weighted by atomic mass is 19.1. The summed E-state index contributed by atoms with van der Waals surface area (Å²) >= 11 is 0. The van der Waals surface area contributed by atoms with Crippen LogP contribution in [0.25, 0.3) is 21.8 Å². The van der Waals surface area contributed by atoms with Crippen LogP contribution in [0.2, 0.25) is 0 Å². The van der Waals surface area contributed by atoms with Gasteiger partial charge in [-0.3, -0.25) is 0 Å². The smallest absolute Gasteiger partial charge is 0.131 e. The van der Waals surface area contributed by atoms with Crippen LogP contribution in [-0.4, -0.2) is 9.97 Å². The van der Waals surface area contributed by atoms with E-state index in [1.807, 2.05) is 18.2 Å². The molecule has 0 saturated carbocycles. The molecule has 0 fully saturated rings. The first kappa shape index (κ1) is 21.5. The van der Waals surface area contributed by atoms with Gasteiger partial charge in [0.05, 0.1) is 11.0 Å². The molecule has 0 saturated heterocycles. The number of nitrogens with one attached hydrogen (secondary N) is 1. The van der Waals surface area contributed by atoms with Crippen molar-refractivity contribution in [2.24, 2.45) is 5.92 Å². The second kappa shape index (κ2) is 10.1. The highest BCUT2D eigenvalue weighted by Crippen LogP contribution is 2.25. The lowest BCUT2D eigenvalue weighted by Gasteiger charge is -2.13. The van der Waals surface area contributed by atoms with Gasteiger partial charge >= 0.3 is 0 Å². The van der Waals surface area contributed by atoms with E-state index < -0.39 is 0 Å². The highest BCUT2D eigenvalue weighted by molar-refractivity contribution is 5.86. The van der Waals surface area contributed by atoms with Crippen molar-refractivity contribution in [3.8, 4) is 0 Å². The number of aromatic amines is 1. The Morgan fingerprint density at radius 1 is 0.871 bits per heavy atom. The third kappa shape index (κ3) is 4.98. The predicted molar refractivity (Wildman–Crippen MR) is 129 cm³/mol. The minimum absolute atomic E-state index is 0.137. The number of rotatable bonds is 10. The molecule has 0 aliphatic heterocycles. The average Bonchev–Trinajstić information content (AvgIpc) is 3.21. The fraction of sp³-hybridized carbons (Fsp3) is 0.393. The van der Waals surface area contributed by atoms with E-state index in [0.717, 1.165) is 65.7 Å². The summed E-state index contributed by atoms with van der Waals surface area (Å²) in [6.07, 6.45) is 8.89. The summed E-state index contributed by atoms with van der Waals surface area (Å²) in [5.74, 6) is 1.68. The molecule has 4 rings (SSSR count). The Balaban J connectivity index is 1.40. The summed E-state index contributed by atoms with van der Waals surface area (Å²) in [6.45, 7) is 4.56. The van der Waals surface area contributed by atoms with Crippen molar-refractivity contribution < 1.29 is 4.39 Å². The molecule has 1 atom stereocenters. The Hall–Kier alpha value is -2.68. The van der Waals surface area contributed by atoms with Crippen molar-refractivity contribution in [2.45, 2.75) is 65.2 Å². The third-order valence-electron chi connectivity index (χ3n) is 6.50. The van der Waals surface area contributed by atoms with Crippen LogP contribution in [0.5, 0.6) is 0 Å². The zero-order valence-corrected chi connectivity index (χ0v) is 18.8. The van der Waals surface area contributed by atoms with Crippen molar-refractivity contribution in [2.75, 3.05) is 0 Å². The fourth-order valence-corrected chi connectivity index (χ4v) is 4.76. The van der Waals surface area contributed by atoms with Gasteiger partial charge in [0.25, 0.3) is 0 Å². The number of hydrogen-bond donors (Lipinski definition) is 1. The van der Waals surface area contributed by atoms with E-state index in [9.17, 15) is 4.39 Å². The van der Waals surface area contributed by atoms with E-state index in [-0.39, 0.29) is 5.82 Å². The molecule has 1 aromatic heterocycles. The summed E-state index contributed by atoms with van der Waals surface area (Å²) in [4.78, 5) is 8.50. The molecule has 2 nitrogen and oxygen atoms in total. The molecule has 1 heterocycles. The lowest BCUT2D eigenvalue weighted by atomic mass is 9.92. The Labute approximate surface area is 184 Å². The standard InChI is InChI=1S/C28H33FN2/c1-3-10-20(4-2)19-22-13-8-17-26-28(22)31-27(30-26)18-6-5-11-21-12-7-15-24-23(21)14-9-16-25(24)29/h7-9,12-17,20H,3-6,10-11,18-19H2,1-2H3,(H,30,31). The van der Waals surface area contributed by atoms with Gasteiger partial charge in [-0.05, 0) is 60.2 Å². The zero-order valence-electron chi connectivity index (χ0n) is 18.8. The number of hydrogen-bond acceptors (Lipinski definition) is 1. The number of H-pyrrole nitrogens is 1. The molecule has 3 aromatic carbocycles. The summed E-state index contributed by atoms with van der Waals surface area (Å²) in [5.41, 5.74) is 4.91. The van der Waals surface area contributed by atoms with Crippen LogP contribution in [0.15, 0.2) is 54.6 Å². The molecule has 0 spiro atoms. The van der Waals surface area contributed by atoms with Gasteiger partial charge < -0.3 is 4.98 Å². The number of halogens is 1. The lowest BCUT2D eigenvalue weighted by Crippen LogP contribution is -2.03. The zero-order chi connectivity index (χ0) is 21.6. The number of nitrogens with zero attached hydrogens (tertiary/aromatic N) is 1. The van der Waals surface area contributed by atoms with E-state index >= 15 is 0 Å². The molecule has 1 unspecified atom stereocenters. The predicted octanol–water partition coefficient (Wildman–Crippen LogP) is 7.79. The summed E-state index contributed by atoms with van der Waals surface area (Å²) in [6, 6.07) is 17.8. The molecule has 4 aromatic rings. The summed E-state index contributed by atoms with van der Waals surface area (Å²) < 4.78 is 14.0. The number of unbranched alkanes of at least 4 members (excludes halogenated alkanes) is 1. The van der Waals surface area contributed by atoms with E-state index in [4.69, 9.17) is 4.98 Å². The van der Waals surface area contributed by atoms with Gasteiger partial charge in [0.15, 0.2) is 0 Å². The van der Waals surface area contributed by atoms with Gasteiger partial charge in [-0.2, -0.15) is 0 Å². The van der Waals surface area contributed by atoms with E-state index in [2.05, 4.69) is 43.1 Å². The van der Waals surface area contributed by atoms with E-state index in [1.54, 1.807) is 6.07 Å². The quantitative estimate of drug-likeness (QED) is 0.263. The lowest BCUT2D eigenvalue weighted by molar-refractivity contribution is 0.463. The van der Waals surface area contributed by atoms with Crippen LogP contribution in [-0.2, 0) is 19.3 Å². The molecular weight excluding hydrogens is 383 g/mol. The molecule has 0 bridgehead atoms. The minimum atomic E-state index is -0.137. The minimum Gasteiger partial charge on any atom is -0.342 e. The monoisotopic (exact) mass is 416 g/mol. The molecule has 0 aliphatic carbocycles. The molecular formula is C28H33FN2. The van der Waals surface area contributed by atoms with E-state index in [1.165, 1.54) is 36.5 Å². The first-order chi connectivity index (χ1) is 15.2. The maximum atomic E-state index is 14.0. The Morgan fingerprint density at radius 2 is 1.61 bits per heavy atom. The Bertz CT molecular complexity index is 1140. The highest BCUT2D eigenvalue weighted by Gasteiger charge is 2.12. The number of imidazole rings is 1. The first-order valence-electron chi connectivity index (χ1n) is 11.8. The van der Waals surface area contributed by atoms with Crippen LogP contribution < -0.4 is 0 Å². The van der Waals surface area contributed by atoms with Crippen LogP contribution >= 0.6 is 0 Å². The number of para-hydroxylation sites is 1. The molecule has 0 radical (unpaired) electrons. The van der Waals surface area contributed by atoms with Gasteiger partial charge in [0, 0.05) is 11.8 Å². The molecule has 0 aliphatic rings. The first-order valence-corrected chi connectivity index (χ1v) is 11.8. The maximum Gasteiger partial charge on any atom is 0.131 e.